The molecule has 0 atom stereocenters. The molecule has 0 aliphatic rings. The number of likely N-dealkylation sites (N-methyl/N-ethyl adjacent to an activating group) is 1. The van der Waals surface area contributed by atoms with Gasteiger partial charge in [-0.05, 0) is 54.9 Å². The minimum atomic E-state index is -1.23. The molecule has 0 aliphatic heterocycles. The lowest BCUT2D eigenvalue weighted by Crippen LogP contribution is -2.18. The quantitative estimate of drug-likeness (QED) is 0.162. The van der Waals surface area contributed by atoms with Gasteiger partial charge in [0.25, 0.3) is 0 Å². The number of nitrogens with zero attached hydrogens (tertiary/aromatic N) is 1. The van der Waals surface area contributed by atoms with Gasteiger partial charge in [-0.2, -0.15) is 4.98 Å². The van der Waals surface area contributed by atoms with E-state index in [9.17, 15) is 14.4 Å². The van der Waals surface area contributed by atoms with Crippen LogP contribution in [0, 0.1) is 0 Å². The van der Waals surface area contributed by atoms with Gasteiger partial charge in [0.1, 0.15) is 17.0 Å². The van der Waals surface area contributed by atoms with Crippen LogP contribution in [0.5, 0.6) is 11.5 Å². The number of Topliss-reactive ketones (excluding diaryl/α,β-unsaturated/α-hetero) is 1. The molecule has 4 aromatic rings. The Morgan fingerprint density at radius 3 is 2.37 bits per heavy atom. The van der Waals surface area contributed by atoms with E-state index in [1.54, 1.807) is 19.2 Å². The third kappa shape index (κ3) is 5.39. The molecule has 2 aromatic carbocycles. The summed E-state index contributed by atoms with van der Waals surface area (Å²) in [4.78, 5) is 38.9. The number of carboxylic acid groups (broad SMARTS) is 1. The van der Waals surface area contributed by atoms with Crippen molar-refractivity contribution >= 4 is 39.6 Å². The highest BCUT2D eigenvalue weighted by atomic mass is 16.4. The number of phenols is 2. The van der Waals surface area contributed by atoms with Crippen LogP contribution in [0.25, 0.3) is 22.1 Å². The normalized spacial score (nSPS) is 10.9. The highest BCUT2D eigenvalue weighted by Crippen LogP contribution is 2.25. The fraction of sp³-hybridized carbons (Fsp3) is 0.200. The van der Waals surface area contributed by atoms with E-state index in [1.807, 2.05) is 19.9 Å². The van der Waals surface area contributed by atoms with Crippen LogP contribution in [-0.2, 0) is 0 Å². The van der Waals surface area contributed by atoms with E-state index in [1.165, 1.54) is 24.3 Å². The molecule has 2 heterocycles. The lowest BCUT2D eigenvalue weighted by atomic mass is 10.0. The minimum absolute atomic E-state index is 0.0392. The Balaban J connectivity index is 0.000000225. The van der Waals surface area contributed by atoms with Crippen molar-refractivity contribution in [1.82, 2.24) is 10.3 Å². The Morgan fingerprint density at radius 2 is 1.77 bits per heavy atom. The Bertz CT molecular complexity index is 1490. The second-order valence-electron chi connectivity index (χ2n) is 8.08. The number of aromatic carboxylic acids is 1. The first kappa shape index (κ1) is 25.2. The van der Waals surface area contributed by atoms with Gasteiger partial charge in [0.2, 0.25) is 11.1 Å². The molecule has 0 saturated carbocycles. The molecule has 0 spiro atoms. The summed E-state index contributed by atoms with van der Waals surface area (Å²) < 4.78 is 5.59. The molecule has 0 amide bonds. The number of carbonyl (C=O) groups excluding carboxylic acids is 1. The van der Waals surface area contributed by atoms with Crippen LogP contribution < -0.4 is 16.5 Å². The first-order chi connectivity index (χ1) is 16.5. The van der Waals surface area contributed by atoms with E-state index in [0.717, 1.165) is 5.56 Å². The van der Waals surface area contributed by atoms with Gasteiger partial charge in [-0.1, -0.05) is 19.9 Å². The standard InChI is InChI=1S/C16H14N2O4.C9H11NO3/c1-7(2)8-3-4-12-9(5-8)13(19)10-6-11(16(20)21)14(17)18-15(10)22-12;1-10-5-9(13)6-2-3-7(11)8(12)4-6/h3-7H,1-2H3,(H2,17,18)(H,20,21);2-4,10-12H,5H2,1H3. The Hall–Kier alpha value is -4.44. The largest absolute Gasteiger partial charge is 0.504 e. The first-order valence-corrected chi connectivity index (χ1v) is 10.6. The summed E-state index contributed by atoms with van der Waals surface area (Å²) in [5.41, 5.74) is 6.89. The van der Waals surface area contributed by atoms with Gasteiger partial charge in [0.15, 0.2) is 17.3 Å². The summed E-state index contributed by atoms with van der Waals surface area (Å²) in [6.45, 7) is 4.26. The summed E-state index contributed by atoms with van der Waals surface area (Å²) >= 11 is 0. The average molecular weight is 479 g/mol. The van der Waals surface area contributed by atoms with Crippen molar-refractivity contribution in [2.75, 3.05) is 19.3 Å². The van der Waals surface area contributed by atoms with Crippen molar-refractivity contribution in [2.24, 2.45) is 0 Å². The van der Waals surface area contributed by atoms with Gasteiger partial charge in [-0.25, -0.2) is 4.79 Å². The molecule has 4 rings (SSSR count). The van der Waals surface area contributed by atoms with Crippen LogP contribution in [0.1, 0.15) is 46.0 Å². The number of aromatic hydroxyl groups is 2. The number of nitrogens with two attached hydrogens (primary N) is 1. The number of hydrogen-bond donors (Lipinski definition) is 5. The van der Waals surface area contributed by atoms with Crippen molar-refractivity contribution in [3.63, 3.8) is 0 Å². The number of rotatable bonds is 5. The summed E-state index contributed by atoms with van der Waals surface area (Å²) in [7, 11) is 1.66. The fourth-order valence-corrected chi connectivity index (χ4v) is 3.30. The molecule has 6 N–H and O–H groups in total. The molecular weight excluding hydrogens is 454 g/mol. The SMILES string of the molecule is CC(C)c1ccc2oc3nc(N)c(C(=O)O)cc3c(=O)c2c1.CNCC(=O)c1ccc(O)c(O)c1. The van der Waals surface area contributed by atoms with E-state index in [0.29, 0.717) is 16.5 Å². The number of nitrogens with one attached hydrogen (secondary N) is 1. The predicted molar refractivity (Wildman–Crippen MR) is 131 cm³/mol. The minimum Gasteiger partial charge on any atom is -0.504 e. The molecule has 2 aromatic heterocycles. The summed E-state index contributed by atoms with van der Waals surface area (Å²) in [5, 5.41) is 30.4. The number of anilines is 1. The molecule has 0 bridgehead atoms. The van der Waals surface area contributed by atoms with Crippen molar-refractivity contribution in [1.29, 1.82) is 0 Å². The molecule has 182 valence electrons. The number of phenolic OH excluding ortho intramolecular Hbond substituents is 2. The number of carboxylic acids is 1. The third-order valence-electron chi connectivity index (χ3n) is 5.25. The van der Waals surface area contributed by atoms with Crippen LogP contribution in [-0.4, -0.2) is 45.6 Å². The maximum absolute atomic E-state index is 12.6. The highest BCUT2D eigenvalue weighted by Gasteiger charge is 2.16. The maximum atomic E-state index is 12.6. The highest BCUT2D eigenvalue weighted by molar-refractivity contribution is 5.99. The van der Waals surface area contributed by atoms with E-state index in [-0.39, 0.29) is 57.7 Å². The summed E-state index contributed by atoms with van der Waals surface area (Å²) in [6, 6.07) is 10.6. The van der Waals surface area contributed by atoms with Crippen LogP contribution >= 0.6 is 0 Å². The number of fused-ring (bicyclic) bond motifs is 2. The van der Waals surface area contributed by atoms with E-state index in [4.69, 9.17) is 25.5 Å². The molecule has 35 heavy (non-hydrogen) atoms. The molecule has 0 unspecified atom stereocenters. The Labute approximate surface area is 199 Å². The van der Waals surface area contributed by atoms with Gasteiger partial charge in [-0.15, -0.1) is 0 Å². The molecular formula is C25H25N3O7. The van der Waals surface area contributed by atoms with Crippen LogP contribution in [0.15, 0.2) is 51.7 Å². The second kappa shape index (κ2) is 10.2. The number of nitrogen functional groups attached to an aromatic ring is 1. The van der Waals surface area contributed by atoms with E-state index in [2.05, 4.69) is 10.3 Å². The summed E-state index contributed by atoms with van der Waals surface area (Å²) in [6.07, 6.45) is 0. The number of benzene rings is 2. The maximum Gasteiger partial charge on any atom is 0.339 e. The fourth-order valence-electron chi connectivity index (χ4n) is 3.30. The van der Waals surface area contributed by atoms with Gasteiger partial charge < -0.3 is 30.8 Å². The molecule has 10 heteroatoms. The van der Waals surface area contributed by atoms with Crippen LogP contribution in [0.3, 0.4) is 0 Å². The molecule has 0 saturated heterocycles. The topological polar surface area (TPSA) is 176 Å². The van der Waals surface area contributed by atoms with Crippen LogP contribution in [0.2, 0.25) is 0 Å². The van der Waals surface area contributed by atoms with Crippen LogP contribution in [0.4, 0.5) is 5.82 Å². The van der Waals surface area contributed by atoms with Gasteiger partial charge in [-0.3, -0.25) is 9.59 Å². The zero-order valence-electron chi connectivity index (χ0n) is 19.3. The van der Waals surface area contributed by atoms with Crippen molar-refractivity contribution in [2.45, 2.75) is 19.8 Å². The molecule has 0 aliphatic carbocycles. The number of carbonyl (C=O) groups is 2. The second-order valence-corrected chi connectivity index (χ2v) is 8.08. The van der Waals surface area contributed by atoms with Gasteiger partial charge in [0.05, 0.1) is 17.3 Å². The monoisotopic (exact) mass is 479 g/mol. The predicted octanol–water partition coefficient (Wildman–Crippen LogP) is 3.24. The molecule has 10 nitrogen and oxygen atoms in total. The molecule has 0 fully saturated rings. The lowest BCUT2D eigenvalue weighted by Gasteiger charge is -2.07. The van der Waals surface area contributed by atoms with Gasteiger partial charge in [0, 0.05) is 5.56 Å². The number of ketones is 1. The Morgan fingerprint density at radius 1 is 1.06 bits per heavy atom. The zero-order valence-corrected chi connectivity index (χ0v) is 19.3. The van der Waals surface area contributed by atoms with Gasteiger partial charge >= 0.3 is 5.97 Å². The third-order valence-corrected chi connectivity index (χ3v) is 5.25. The zero-order chi connectivity index (χ0) is 25.9. The summed E-state index contributed by atoms with van der Waals surface area (Å²) in [5.74, 6) is -1.77. The lowest BCUT2D eigenvalue weighted by molar-refractivity contribution is 0.0697. The van der Waals surface area contributed by atoms with E-state index >= 15 is 0 Å². The smallest absolute Gasteiger partial charge is 0.339 e. The average Bonchev–Trinajstić information content (AvgIpc) is 2.80. The Kier molecular flexibility index (Phi) is 7.36. The first-order valence-electron chi connectivity index (χ1n) is 10.6. The van der Waals surface area contributed by atoms with E-state index < -0.39 is 5.97 Å². The molecule has 0 radical (unpaired) electrons. The van der Waals surface area contributed by atoms with Crippen molar-refractivity contribution in [3.05, 3.63) is 69.4 Å². The number of pyridine rings is 1. The van der Waals surface area contributed by atoms with Crippen molar-refractivity contribution in [3.8, 4) is 11.5 Å². The number of aromatic nitrogens is 1. The van der Waals surface area contributed by atoms with Crippen molar-refractivity contribution < 1.29 is 29.3 Å². The number of hydrogen-bond acceptors (Lipinski definition) is 9.